The van der Waals surface area contributed by atoms with Gasteiger partial charge in [-0.1, -0.05) is 30.3 Å². The Balaban J connectivity index is 1.59. The summed E-state index contributed by atoms with van der Waals surface area (Å²) < 4.78 is 1.64. The number of aliphatic carboxylic acids is 1. The number of carbonyl (C=O) groups is 2. The summed E-state index contributed by atoms with van der Waals surface area (Å²) >= 11 is 0. The molecule has 1 fully saturated rings. The third-order valence-electron chi connectivity index (χ3n) is 4.82. The van der Waals surface area contributed by atoms with Gasteiger partial charge in [-0.3, -0.25) is 14.5 Å². The van der Waals surface area contributed by atoms with Crippen molar-refractivity contribution < 1.29 is 14.7 Å². The topological polar surface area (TPSA) is 100 Å². The summed E-state index contributed by atoms with van der Waals surface area (Å²) in [5.41, 5.74) is 1.85. The van der Waals surface area contributed by atoms with Gasteiger partial charge >= 0.3 is 5.97 Å². The molecule has 1 saturated carbocycles. The van der Waals surface area contributed by atoms with Gasteiger partial charge in [0.05, 0.1) is 17.9 Å². The first-order chi connectivity index (χ1) is 12.5. The Morgan fingerprint density at radius 2 is 2.00 bits per heavy atom. The second kappa shape index (κ2) is 7.65. The molecule has 1 heterocycles. The Hall–Kier alpha value is -2.74. The number of para-hydroxylation sites is 1. The van der Waals surface area contributed by atoms with E-state index in [1.165, 1.54) is 0 Å². The average Bonchev–Trinajstić information content (AvgIpc) is 2.98. The highest BCUT2D eigenvalue weighted by molar-refractivity contribution is 5.93. The second-order valence-electron chi connectivity index (χ2n) is 6.52. The van der Waals surface area contributed by atoms with Crippen molar-refractivity contribution in [3.8, 4) is 5.69 Å². The molecule has 1 aromatic heterocycles. The number of carboxylic acids is 1. The van der Waals surface area contributed by atoms with E-state index in [1.807, 2.05) is 49.1 Å². The Labute approximate surface area is 151 Å². The summed E-state index contributed by atoms with van der Waals surface area (Å²) in [7, 11) is 0. The zero-order chi connectivity index (χ0) is 18.7. The summed E-state index contributed by atoms with van der Waals surface area (Å²) in [6, 6.07) is 9.77. The molecule has 1 aromatic carbocycles. The van der Waals surface area contributed by atoms with Crippen molar-refractivity contribution in [1.82, 2.24) is 25.2 Å². The van der Waals surface area contributed by atoms with E-state index in [4.69, 9.17) is 5.11 Å². The van der Waals surface area contributed by atoms with Crippen LogP contribution in [0.15, 0.2) is 30.3 Å². The van der Waals surface area contributed by atoms with Gasteiger partial charge in [-0.15, -0.1) is 5.10 Å². The van der Waals surface area contributed by atoms with Crippen LogP contribution in [-0.2, 0) is 4.79 Å². The molecule has 0 spiro atoms. The molecule has 0 bridgehead atoms. The van der Waals surface area contributed by atoms with E-state index >= 15 is 0 Å². The van der Waals surface area contributed by atoms with Gasteiger partial charge in [-0.2, -0.15) is 0 Å². The molecular formula is C18H23N5O3. The third kappa shape index (κ3) is 3.75. The highest BCUT2D eigenvalue weighted by Crippen LogP contribution is 2.26. The van der Waals surface area contributed by atoms with Crippen molar-refractivity contribution in [2.24, 2.45) is 0 Å². The molecule has 1 aliphatic carbocycles. The number of nitrogens with zero attached hydrogens (tertiary/aromatic N) is 4. The molecule has 26 heavy (non-hydrogen) atoms. The molecule has 0 aliphatic heterocycles. The number of aromatic nitrogens is 3. The summed E-state index contributed by atoms with van der Waals surface area (Å²) in [6.07, 6.45) is 1.50. The lowest BCUT2D eigenvalue weighted by atomic mass is 9.85. The van der Waals surface area contributed by atoms with Crippen LogP contribution >= 0.6 is 0 Å². The summed E-state index contributed by atoms with van der Waals surface area (Å²) in [6.45, 7) is 4.48. The lowest BCUT2D eigenvalue weighted by Crippen LogP contribution is -2.54. The van der Waals surface area contributed by atoms with E-state index in [0.717, 1.165) is 18.5 Å². The molecular weight excluding hydrogens is 334 g/mol. The maximum atomic E-state index is 12.5. The number of amides is 1. The smallest absolute Gasteiger partial charge is 0.317 e. The number of rotatable bonds is 7. The van der Waals surface area contributed by atoms with Gasteiger partial charge in [0.2, 0.25) is 0 Å². The second-order valence-corrected chi connectivity index (χ2v) is 6.52. The first-order valence-electron chi connectivity index (χ1n) is 8.74. The zero-order valence-corrected chi connectivity index (χ0v) is 14.9. The predicted molar refractivity (Wildman–Crippen MR) is 95.3 cm³/mol. The molecule has 0 atom stereocenters. The fraction of sp³-hybridized carbons (Fsp3) is 0.444. The lowest BCUT2D eigenvalue weighted by Gasteiger charge is -2.42. The lowest BCUT2D eigenvalue weighted by molar-refractivity contribution is -0.139. The Bertz CT molecular complexity index is 783. The van der Waals surface area contributed by atoms with Crippen molar-refractivity contribution in [2.45, 2.75) is 38.8 Å². The SMILES string of the molecule is CCN(CC(=O)O)C1CC(NC(=O)c2nnn(-c3ccccc3)c2C)C1. The zero-order valence-electron chi connectivity index (χ0n) is 14.9. The van der Waals surface area contributed by atoms with E-state index in [9.17, 15) is 9.59 Å². The molecule has 0 saturated heterocycles. The Morgan fingerprint density at radius 1 is 1.31 bits per heavy atom. The highest BCUT2D eigenvalue weighted by atomic mass is 16.4. The molecule has 1 aliphatic rings. The molecule has 2 N–H and O–H groups in total. The minimum Gasteiger partial charge on any atom is -0.480 e. The molecule has 0 unspecified atom stereocenters. The van der Waals surface area contributed by atoms with Crippen molar-refractivity contribution >= 4 is 11.9 Å². The Kier molecular flexibility index (Phi) is 5.32. The van der Waals surface area contributed by atoms with Crippen molar-refractivity contribution in [2.75, 3.05) is 13.1 Å². The fourth-order valence-corrected chi connectivity index (χ4v) is 3.28. The van der Waals surface area contributed by atoms with Crippen molar-refractivity contribution in [1.29, 1.82) is 0 Å². The van der Waals surface area contributed by atoms with E-state index in [0.29, 0.717) is 17.9 Å². The number of nitrogens with one attached hydrogen (secondary N) is 1. The van der Waals surface area contributed by atoms with Crippen LogP contribution in [0.5, 0.6) is 0 Å². The number of benzene rings is 1. The van der Waals surface area contributed by atoms with Crippen LogP contribution in [0.3, 0.4) is 0 Å². The molecule has 2 aromatic rings. The highest BCUT2D eigenvalue weighted by Gasteiger charge is 2.35. The number of carboxylic acid groups (broad SMARTS) is 1. The molecule has 8 nitrogen and oxygen atoms in total. The van der Waals surface area contributed by atoms with Gasteiger partial charge in [-0.25, -0.2) is 4.68 Å². The monoisotopic (exact) mass is 357 g/mol. The fourth-order valence-electron chi connectivity index (χ4n) is 3.28. The average molecular weight is 357 g/mol. The van der Waals surface area contributed by atoms with E-state index in [2.05, 4.69) is 15.6 Å². The molecule has 8 heteroatoms. The largest absolute Gasteiger partial charge is 0.480 e. The minimum absolute atomic E-state index is 0.0341. The summed E-state index contributed by atoms with van der Waals surface area (Å²) in [5.74, 6) is -1.07. The van der Waals surface area contributed by atoms with Gasteiger partial charge in [-0.05, 0) is 38.4 Å². The predicted octanol–water partition coefficient (Wildman–Crippen LogP) is 1.24. The maximum absolute atomic E-state index is 12.5. The minimum atomic E-state index is -0.826. The van der Waals surface area contributed by atoms with Crippen LogP contribution in [0.4, 0.5) is 0 Å². The van der Waals surface area contributed by atoms with Crippen LogP contribution in [0.25, 0.3) is 5.69 Å². The standard InChI is InChI=1S/C18H23N5O3/c1-3-22(11-16(24)25)15-9-13(10-15)19-18(26)17-12(2)23(21-20-17)14-7-5-4-6-8-14/h4-8,13,15H,3,9-11H2,1-2H3,(H,19,26)(H,24,25). The van der Waals surface area contributed by atoms with Crippen LogP contribution in [0.2, 0.25) is 0 Å². The van der Waals surface area contributed by atoms with Gasteiger partial charge in [0.1, 0.15) is 0 Å². The molecule has 1 amide bonds. The summed E-state index contributed by atoms with van der Waals surface area (Å²) in [4.78, 5) is 25.3. The normalized spacial score (nSPS) is 19.2. The number of likely N-dealkylation sites (N-methyl/N-ethyl adjacent to an activating group) is 1. The first-order valence-corrected chi connectivity index (χ1v) is 8.74. The van der Waals surface area contributed by atoms with E-state index in [-0.39, 0.29) is 24.5 Å². The van der Waals surface area contributed by atoms with Gasteiger partial charge in [0.25, 0.3) is 5.91 Å². The maximum Gasteiger partial charge on any atom is 0.317 e. The van der Waals surface area contributed by atoms with Crippen LogP contribution in [0, 0.1) is 6.92 Å². The third-order valence-corrected chi connectivity index (χ3v) is 4.82. The van der Waals surface area contributed by atoms with E-state index < -0.39 is 5.97 Å². The Morgan fingerprint density at radius 3 is 2.62 bits per heavy atom. The van der Waals surface area contributed by atoms with Crippen LogP contribution in [0.1, 0.15) is 35.9 Å². The first kappa shape index (κ1) is 18.1. The number of hydrogen-bond donors (Lipinski definition) is 2. The van der Waals surface area contributed by atoms with Crippen LogP contribution < -0.4 is 5.32 Å². The van der Waals surface area contributed by atoms with Gasteiger partial charge in [0.15, 0.2) is 5.69 Å². The van der Waals surface area contributed by atoms with Gasteiger partial charge < -0.3 is 10.4 Å². The quantitative estimate of drug-likeness (QED) is 0.773. The number of carbonyl (C=O) groups excluding carboxylic acids is 1. The number of hydrogen-bond acceptors (Lipinski definition) is 5. The van der Waals surface area contributed by atoms with E-state index in [1.54, 1.807) is 4.68 Å². The van der Waals surface area contributed by atoms with Crippen molar-refractivity contribution in [3.05, 3.63) is 41.7 Å². The molecule has 3 rings (SSSR count). The molecule has 0 radical (unpaired) electrons. The van der Waals surface area contributed by atoms with Gasteiger partial charge in [0, 0.05) is 12.1 Å². The summed E-state index contributed by atoms with van der Waals surface area (Å²) in [5, 5.41) is 20.0. The van der Waals surface area contributed by atoms with Crippen LogP contribution in [-0.4, -0.2) is 62.0 Å². The van der Waals surface area contributed by atoms with Crippen molar-refractivity contribution in [3.63, 3.8) is 0 Å². The molecule has 138 valence electrons.